The van der Waals surface area contributed by atoms with Gasteiger partial charge in [0.25, 0.3) is 0 Å². The number of nitrogens with zero attached hydrogens (tertiary/aromatic N) is 2. The van der Waals surface area contributed by atoms with E-state index in [1.165, 1.54) is 28.8 Å². The van der Waals surface area contributed by atoms with E-state index >= 15 is 0 Å². The normalized spacial score (nSPS) is 19.4. The molecule has 26 heavy (non-hydrogen) atoms. The first-order chi connectivity index (χ1) is 12.5. The SMILES string of the molecule is CC1=Cc2c(cnn2-c2ccc(F)cc2)CC1(C)C=Cc1ccccc1. The van der Waals surface area contributed by atoms with Gasteiger partial charge in [0, 0.05) is 5.41 Å². The molecule has 0 bridgehead atoms. The quantitative estimate of drug-likeness (QED) is 0.597. The van der Waals surface area contributed by atoms with Gasteiger partial charge < -0.3 is 0 Å². The number of hydrogen-bond acceptors (Lipinski definition) is 1. The average Bonchev–Trinajstić information content (AvgIpc) is 3.04. The van der Waals surface area contributed by atoms with Gasteiger partial charge in [-0.3, -0.25) is 0 Å². The molecular formula is C23H21FN2. The van der Waals surface area contributed by atoms with Crippen LogP contribution in [0.2, 0.25) is 0 Å². The molecule has 1 aliphatic rings. The zero-order valence-corrected chi connectivity index (χ0v) is 15.0. The second-order valence-corrected chi connectivity index (χ2v) is 7.11. The first-order valence-corrected chi connectivity index (χ1v) is 8.81. The fourth-order valence-corrected chi connectivity index (χ4v) is 3.41. The maximum atomic E-state index is 13.2. The minimum Gasteiger partial charge on any atom is -0.233 e. The minimum atomic E-state index is -0.236. The molecule has 2 nitrogen and oxygen atoms in total. The fraction of sp³-hybridized carbons (Fsp3) is 0.174. The number of aromatic nitrogens is 2. The van der Waals surface area contributed by atoms with E-state index in [1.807, 2.05) is 16.9 Å². The molecule has 0 aliphatic heterocycles. The predicted molar refractivity (Wildman–Crippen MR) is 104 cm³/mol. The number of fused-ring (bicyclic) bond motifs is 1. The molecule has 0 spiro atoms. The highest BCUT2D eigenvalue weighted by Gasteiger charge is 2.30. The number of benzene rings is 2. The lowest BCUT2D eigenvalue weighted by Gasteiger charge is -2.31. The Labute approximate surface area is 153 Å². The maximum Gasteiger partial charge on any atom is 0.123 e. The molecule has 0 amide bonds. The first-order valence-electron chi connectivity index (χ1n) is 8.81. The van der Waals surface area contributed by atoms with Gasteiger partial charge >= 0.3 is 0 Å². The van der Waals surface area contributed by atoms with Crippen LogP contribution < -0.4 is 0 Å². The summed E-state index contributed by atoms with van der Waals surface area (Å²) in [6.07, 6.45) is 9.50. The Morgan fingerprint density at radius 3 is 2.54 bits per heavy atom. The summed E-state index contributed by atoms with van der Waals surface area (Å²) in [7, 11) is 0. The van der Waals surface area contributed by atoms with E-state index in [4.69, 9.17) is 0 Å². The summed E-state index contributed by atoms with van der Waals surface area (Å²) in [6.45, 7) is 4.43. The van der Waals surface area contributed by atoms with Gasteiger partial charge in [-0.15, -0.1) is 0 Å². The fourth-order valence-electron chi connectivity index (χ4n) is 3.41. The highest BCUT2D eigenvalue weighted by Crippen LogP contribution is 2.40. The molecule has 130 valence electrons. The molecule has 4 rings (SSSR count). The Kier molecular flexibility index (Phi) is 4.08. The summed E-state index contributed by atoms with van der Waals surface area (Å²) in [5.74, 6) is -0.236. The lowest BCUT2D eigenvalue weighted by molar-refractivity contribution is 0.509. The predicted octanol–water partition coefficient (Wildman–Crippen LogP) is 5.69. The van der Waals surface area contributed by atoms with Gasteiger partial charge in [0.15, 0.2) is 0 Å². The lowest BCUT2D eigenvalue weighted by Crippen LogP contribution is -2.22. The Balaban J connectivity index is 1.67. The Hall–Kier alpha value is -2.94. The number of allylic oxidation sites excluding steroid dienone is 2. The lowest BCUT2D eigenvalue weighted by atomic mass is 9.73. The van der Waals surface area contributed by atoms with Crippen molar-refractivity contribution in [3.05, 3.63) is 95.1 Å². The van der Waals surface area contributed by atoms with Crippen molar-refractivity contribution in [2.45, 2.75) is 20.3 Å². The largest absolute Gasteiger partial charge is 0.233 e. The van der Waals surface area contributed by atoms with E-state index < -0.39 is 0 Å². The van der Waals surface area contributed by atoms with Crippen LogP contribution in [0.3, 0.4) is 0 Å². The van der Waals surface area contributed by atoms with E-state index in [0.29, 0.717) is 0 Å². The summed E-state index contributed by atoms with van der Waals surface area (Å²) in [6, 6.07) is 16.8. The number of rotatable bonds is 3. The maximum absolute atomic E-state index is 13.2. The molecule has 1 aromatic heterocycles. The molecular weight excluding hydrogens is 323 g/mol. The van der Waals surface area contributed by atoms with Crippen LogP contribution in [0.15, 0.2) is 72.4 Å². The van der Waals surface area contributed by atoms with E-state index in [1.54, 1.807) is 12.1 Å². The molecule has 1 heterocycles. The van der Waals surface area contributed by atoms with Crippen molar-refractivity contribution >= 4 is 12.2 Å². The van der Waals surface area contributed by atoms with Crippen molar-refractivity contribution in [3.8, 4) is 5.69 Å². The zero-order chi connectivity index (χ0) is 18.1. The smallest absolute Gasteiger partial charge is 0.123 e. The highest BCUT2D eigenvalue weighted by atomic mass is 19.1. The molecule has 1 aliphatic carbocycles. The third kappa shape index (κ3) is 3.01. The highest BCUT2D eigenvalue weighted by molar-refractivity contribution is 5.63. The van der Waals surface area contributed by atoms with Crippen LogP contribution in [0.1, 0.15) is 30.7 Å². The molecule has 0 radical (unpaired) electrons. The summed E-state index contributed by atoms with van der Waals surface area (Å²) in [5, 5.41) is 4.54. The topological polar surface area (TPSA) is 17.8 Å². The average molecular weight is 344 g/mol. The third-order valence-corrected chi connectivity index (χ3v) is 5.21. The van der Waals surface area contributed by atoms with Crippen molar-refractivity contribution in [2.24, 2.45) is 5.41 Å². The molecule has 1 unspecified atom stereocenters. The van der Waals surface area contributed by atoms with E-state index in [0.717, 1.165) is 17.8 Å². The van der Waals surface area contributed by atoms with E-state index in [-0.39, 0.29) is 11.2 Å². The van der Waals surface area contributed by atoms with Gasteiger partial charge in [0.05, 0.1) is 17.6 Å². The van der Waals surface area contributed by atoms with Crippen molar-refractivity contribution in [2.75, 3.05) is 0 Å². The standard InChI is InChI=1S/C23H21FN2/c1-17-14-22-19(16-25-26(22)21-10-8-20(24)9-11-21)15-23(17,2)13-12-18-6-4-3-5-7-18/h3-14,16H,15H2,1-2H3. The van der Waals surface area contributed by atoms with Gasteiger partial charge in [0.2, 0.25) is 0 Å². The molecule has 1 atom stereocenters. The number of halogens is 1. The summed E-state index contributed by atoms with van der Waals surface area (Å²) >= 11 is 0. The van der Waals surface area contributed by atoms with Crippen molar-refractivity contribution in [3.63, 3.8) is 0 Å². The molecule has 0 saturated heterocycles. The van der Waals surface area contributed by atoms with Crippen molar-refractivity contribution < 1.29 is 4.39 Å². The Bertz CT molecular complexity index is 981. The van der Waals surface area contributed by atoms with Gasteiger partial charge in [-0.2, -0.15) is 5.10 Å². The summed E-state index contributed by atoms with van der Waals surface area (Å²) in [4.78, 5) is 0. The molecule has 3 heteroatoms. The molecule has 0 fully saturated rings. The second-order valence-electron chi connectivity index (χ2n) is 7.11. The van der Waals surface area contributed by atoms with Crippen LogP contribution in [-0.4, -0.2) is 9.78 Å². The van der Waals surface area contributed by atoms with Crippen LogP contribution in [0, 0.1) is 11.2 Å². The minimum absolute atomic E-state index is 0.0422. The third-order valence-electron chi connectivity index (χ3n) is 5.21. The van der Waals surface area contributed by atoms with E-state index in [2.05, 4.69) is 61.4 Å². The van der Waals surface area contributed by atoms with Gasteiger partial charge in [-0.25, -0.2) is 9.07 Å². The zero-order valence-electron chi connectivity index (χ0n) is 15.0. The van der Waals surface area contributed by atoms with Crippen LogP contribution in [0.5, 0.6) is 0 Å². The molecule has 2 aromatic carbocycles. The van der Waals surface area contributed by atoms with E-state index in [9.17, 15) is 4.39 Å². The Morgan fingerprint density at radius 2 is 1.81 bits per heavy atom. The summed E-state index contributed by atoms with van der Waals surface area (Å²) < 4.78 is 15.1. The first kappa shape index (κ1) is 16.5. The summed E-state index contributed by atoms with van der Waals surface area (Å²) in [5.41, 5.74) is 5.62. The van der Waals surface area contributed by atoms with Gasteiger partial charge in [-0.1, -0.05) is 55.0 Å². The van der Waals surface area contributed by atoms with Crippen molar-refractivity contribution in [1.29, 1.82) is 0 Å². The second kappa shape index (κ2) is 6.41. The van der Waals surface area contributed by atoms with Gasteiger partial charge in [0.1, 0.15) is 5.82 Å². The monoisotopic (exact) mass is 344 g/mol. The van der Waals surface area contributed by atoms with Crippen LogP contribution in [-0.2, 0) is 6.42 Å². The number of hydrogen-bond donors (Lipinski definition) is 0. The van der Waals surface area contributed by atoms with Crippen LogP contribution >= 0.6 is 0 Å². The van der Waals surface area contributed by atoms with Crippen LogP contribution in [0.25, 0.3) is 17.8 Å². The molecule has 3 aromatic rings. The molecule has 0 saturated carbocycles. The van der Waals surface area contributed by atoms with Gasteiger partial charge in [-0.05, 0) is 54.8 Å². The van der Waals surface area contributed by atoms with Crippen LogP contribution in [0.4, 0.5) is 4.39 Å². The Morgan fingerprint density at radius 1 is 1.08 bits per heavy atom. The molecule has 0 N–H and O–H groups in total. The van der Waals surface area contributed by atoms with Crippen molar-refractivity contribution in [1.82, 2.24) is 9.78 Å².